The van der Waals surface area contributed by atoms with E-state index in [0.29, 0.717) is 6.54 Å². The third kappa shape index (κ3) is 3.83. The van der Waals surface area contributed by atoms with E-state index in [1.165, 1.54) is 17.6 Å². The van der Waals surface area contributed by atoms with Crippen LogP contribution in [0.2, 0.25) is 0 Å². The Kier molecular flexibility index (Phi) is 4.87. The van der Waals surface area contributed by atoms with Crippen molar-refractivity contribution < 1.29 is 13.5 Å². The lowest BCUT2D eigenvalue weighted by Gasteiger charge is -2.46. The molecule has 1 aromatic rings. The highest BCUT2D eigenvalue weighted by Gasteiger charge is 2.40. The van der Waals surface area contributed by atoms with Crippen molar-refractivity contribution in [1.29, 1.82) is 0 Å². The van der Waals surface area contributed by atoms with Crippen LogP contribution in [0.3, 0.4) is 0 Å². The monoisotopic (exact) mass is 336 g/mol. The maximum absolute atomic E-state index is 11.3. The summed E-state index contributed by atoms with van der Waals surface area (Å²) in [5, 5.41) is 12.7. The van der Waals surface area contributed by atoms with Gasteiger partial charge in [0.25, 0.3) is 0 Å². The number of hydrogen-bond donors (Lipinski definition) is 3. The lowest BCUT2D eigenvalue weighted by atomic mass is 9.77. The van der Waals surface area contributed by atoms with E-state index >= 15 is 0 Å². The minimum atomic E-state index is -3.20. The van der Waals surface area contributed by atoms with Crippen molar-refractivity contribution in [1.82, 2.24) is 10.0 Å². The molecule has 0 amide bonds. The van der Waals surface area contributed by atoms with Crippen LogP contribution in [0, 0.1) is 0 Å². The fourth-order valence-electron chi connectivity index (χ4n) is 3.55. The van der Waals surface area contributed by atoms with Crippen LogP contribution in [0.1, 0.15) is 36.3 Å². The highest BCUT2D eigenvalue weighted by molar-refractivity contribution is 7.88. The van der Waals surface area contributed by atoms with Gasteiger partial charge in [0.1, 0.15) is 0 Å². The quantitative estimate of drug-likeness (QED) is 0.730. The second kappa shape index (κ2) is 6.73. The number of allylic oxidation sites excluding steroid dienone is 2. The number of rotatable bonds is 6. The Labute approximate surface area is 137 Å². The number of nitrogens with one attached hydrogen (secondary N) is 2. The van der Waals surface area contributed by atoms with Crippen LogP contribution in [0.4, 0.5) is 0 Å². The fourth-order valence-corrected chi connectivity index (χ4v) is 4.04. The second-order valence-corrected chi connectivity index (χ2v) is 8.29. The molecule has 1 saturated heterocycles. The Morgan fingerprint density at radius 1 is 1.26 bits per heavy atom. The molecule has 3 rings (SSSR count). The van der Waals surface area contributed by atoms with Crippen molar-refractivity contribution in [3.05, 3.63) is 41.5 Å². The topological polar surface area (TPSA) is 78.4 Å². The number of aliphatic hydroxyl groups is 1. The zero-order valence-electron chi connectivity index (χ0n) is 13.3. The summed E-state index contributed by atoms with van der Waals surface area (Å²) in [5.74, 6) is 0.126. The fraction of sp³-hybridized carbons (Fsp3) is 0.529. The average molecular weight is 336 g/mol. The molecule has 1 fully saturated rings. The molecular formula is C17H24N2O3S. The van der Waals surface area contributed by atoms with Gasteiger partial charge in [-0.15, -0.1) is 0 Å². The summed E-state index contributed by atoms with van der Waals surface area (Å²) in [4.78, 5) is 0. The molecule has 0 aromatic heterocycles. The summed E-state index contributed by atoms with van der Waals surface area (Å²) in [6.45, 7) is 0.389. The van der Waals surface area contributed by atoms with Gasteiger partial charge in [-0.05, 0) is 36.0 Å². The van der Waals surface area contributed by atoms with Gasteiger partial charge >= 0.3 is 0 Å². The van der Waals surface area contributed by atoms with Crippen molar-refractivity contribution >= 4 is 15.6 Å². The Morgan fingerprint density at radius 3 is 2.57 bits per heavy atom. The molecule has 1 heterocycles. The van der Waals surface area contributed by atoms with Crippen molar-refractivity contribution in [3.63, 3.8) is 0 Å². The van der Waals surface area contributed by atoms with Gasteiger partial charge in [-0.1, -0.05) is 30.3 Å². The Bertz CT molecular complexity index is 682. The molecule has 0 spiro atoms. The summed E-state index contributed by atoms with van der Waals surface area (Å²) in [7, 11) is -3.20. The standard InChI is InChI=1S/C17H24N2O3S/c1-23(21,22)18-10-15-17(16(11-20)19-15)14-8-6-13(7-9-14)12-4-2-3-5-12/h4,6-9,15-20H,2-3,5,10-11H2,1H3/t15-,16+,17+/m0/s1. The van der Waals surface area contributed by atoms with E-state index in [-0.39, 0.29) is 24.6 Å². The SMILES string of the molecule is CS(=O)(=O)NC[C@@H]1N[C@H](CO)[C@@H]1c1ccc(C2=CCCC2)cc1. The van der Waals surface area contributed by atoms with E-state index in [0.717, 1.165) is 24.7 Å². The van der Waals surface area contributed by atoms with Crippen molar-refractivity contribution in [3.8, 4) is 0 Å². The third-order valence-corrected chi connectivity index (χ3v) is 5.46. The van der Waals surface area contributed by atoms with Crippen molar-refractivity contribution in [2.45, 2.75) is 37.3 Å². The van der Waals surface area contributed by atoms with E-state index in [1.807, 2.05) is 0 Å². The van der Waals surface area contributed by atoms with Crippen LogP contribution in [-0.2, 0) is 10.0 Å². The number of aliphatic hydroxyl groups excluding tert-OH is 1. The molecule has 1 aromatic carbocycles. The summed E-state index contributed by atoms with van der Waals surface area (Å²) < 4.78 is 25.1. The second-order valence-electron chi connectivity index (χ2n) is 6.45. The summed E-state index contributed by atoms with van der Waals surface area (Å²) in [6, 6.07) is 8.49. The largest absolute Gasteiger partial charge is 0.395 e. The van der Waals surface area contributed by atoms with Gasteiger partial charge in [0.2, 0.25) is 10.0 Å². The summed E-state index contributed by atoms with van der Waals surface area (Å²) in [5.41, 5.74) is 3.83. The molecule has 1 aliphatic heterocycles. The zero-order chi connectivity index (χ0) is 16.4. The predicted molar refractivity (Wildman–Crippen MR) is 91.7 cm³/mol. The molecule has 5 nitrogen and oxygen atoms in total. The van der Waals surface area contributed by atoms with Crippen molar-refractivity contribution in [2.24, 2.45) is 0 Å². The molecular weight excluding hydrogens is 312 g/mol. The van der Waals surface area contributed by atoms with Gasteiger partial charge in [0, 0.05) is 24.5 Å². The van der Waals surface area contributed by atoms with Crippen LogP contribution >= 0.6 is 0 Å². The van der Waals surface area contributed by atoms with Crippen LogP contribution in [0.5, 0.6) is 0 Å². The van der Waals surface area contributed by atoms with Crippen LogP contribution < -0.4 is 10.0 Å². The molecule has 0 unspecified atom stereocenters. The van der Waals surface area contributed by atoms with E-state index in [2.05, 4.69) is 40.4 Å². The van der Waals surface area contributed by atoms with Gasteiger partial charge in [-0.3, -0.25) is 0 Å². The van der Waals surface area contributed by atoms with Crippen LogP contribution in [0.25, 0.3) is 5.57 Å². The molecule has 6 heteroatoms. The minimum absolute atomic E-state index is 0.0124. The maximum atomic E-state index is 11.3. The Balaban J connectivity index is 1.72. The van der Waals surface area contributed by atoms with Crippen molar-refractivity contribution in [2.75, 3.05) is 19.4 Å². The molecule has 0 bridgehead atoms. The van der Waals surface area contributed by atoms with Crippen LogP contribution in [0.15, 0.2) is 30.3 Å². The first-order valence-corrected chi connectivity index (χ1v) is 9.98. The molecule has 1 aliphatic carbocycles. The molecule has 3 atom stereocenters. The number of benzene rings is 1. The number of sulfonamides is 1. The van der Waals surface area contributed by atoms with Gasteiger partial charge < -0.3 is 10.4 Å². The minimum Gasteiger partial charge on any atom is -0.395 e. The normalized spacial score (nSPS) is 27.6. The van der Waals surface area contributed by atoms with E-state index in [1.54, 1.807) is 0 Å². The maximum Gasteiger partial charge on any atom is 0.208 e. The first-order valence-electron chi connectivity index (χ1n) is 8.09. The highest BCUT2D eigenvalue weighted by Crippen LogP contribution is 2.34. The van der Waals surface area contributed by atoms with E-state index in [9.17, 15) is 13.5 Å². The van der Waals surface area contributed by atoms with E-state index < -0.39 is 10.0 Å². The lowest BCUT2D eigenvalue weighted by molar-refractivity contribution is 0.129. The number of hydrogen-bond acceptors (Lipinski definition) is 4. The molecule has 2 aliphatic rings. The van der Waals surface area contributed by atoms with Gasteiger partial charge in [-0.25, -0.2) is 13.1 Å². The summed E-state index contributed by atoms with van der Waals surface area (Å²) in [6.07, 6.45) is 7.00. The zero-order valence-corrected chi connectivity index (χ0v) is 14.1. The molecule has 3 N–H and O–H groups in total. The van der Waals surface area contributed by atoms with Crippen LogP contribution in [-0.4, -0.2) is 45.0 Å². The highest BCUT2D eigenvalue weighted by atomic mass is 32.2. The molecule has 23 heavy (non-hydrogen) atoms. The molecule has 0 radical (unpaired) electrons. The lowest BCUT2D eigenvalue weighted by Crippen LogP contribution is -2.64. The first kappa shape index (κ1) is 16.6. The third-order valence-electron chi connectivity index (χ3n) is 4.76. The van der Waals surface area contributed by atoms with Gasteiger partial charge in [-0.2, -0.15) is 0 Å². The van der Waals surface area contributed by atoms with E-state index in [4.69, 9.17) is 0 Å². The van der Waals surface area contributed by atoms with Gasteiger partial charge in [0.15, 0.2) is 0 Å². The molecule has 126 valence electrons. The first-order chi connectivity index (χ1) is 11.0. The van der Waals surface area contributed by atoms with Gasteiger partial charge in [0.05, 0.1) is 12.9 Å². The predicted octanol–water partition coefficient (Wildman–Crippen LogP) is 1.22. The average Bonchev–Trinajstić information content (AvgIpc) is 3.00. The Hall–Kier alpha value is -1.21. The smallest absolute Gasteiger partial charge is 0.208 e. The summed E-state index contributed by atoms with van der Waals surface area (Å²) >= 11 is 0. The Morgan fingerprint density at radius 2 is 2.00 bits per heavy atom. The molecule has 0 saturated carbocycles.